The van der Waals surface area contributed by atoms with E-state index in [1.54, 1.807) is 0 Å². The Morgan fingerprint density at radius 1 is 1.23 bits per heavy atom. The molecule has 4 rings (SSSR count). The van der Waals surface area contributed by atoms with Crippen molar-refractivity contribution in [1.29, 1.82) is 0 Å². The van der Waals surface area contributed by atoms with E-state index >= 15 is 0 Å². The molecule has 2 heterocycles. The molecule has 1 unspecified atom stereocenters. The molecular formula is C21H25ClN2O2. The van der Waals surface area contributed by atoms with E-state index in [0.717, 1.165) is 46.8 Å². The molecule has 1 aliphatic heterocycles. The molecule has 1 aliphatic rings. The topological polar surface area (TPSA) is 54.3 Å². The Labute approximate surface area is 159 Å². The van der Waals surface area contributed by atoms with Gasteiger partial charge in [-0.2, -0.15) is 0 Å². The van der Waals surface area contributed by atoms with Crippen LogP contribution in [0.1, 0.15) is 35.4 Å². The highest BCUT2D eigenvalue weighted by Gasteiger charge is 2.19. The van der Waals surface area contributed by atoms with Crippen LogP contribution in [0.15, 0.2) is 40.8 Å². The molecule has 1 amide bonds. The van der Waals surface area contributed by atoms with Gasteiger partial charge < -0.3 is 15.1 Å². The number of furan rings is 1. The third-order valence-electron chi connectivity index (χ3n) is 5.27. The molecule has 138 valence electrons. The fourth-order valence-corrected chi connectivity index (χ4v) is 3.81. The van der Waals surface area contributed by atoms with Gasteiger partial charge in [-0.3, -0.25) is 4.79 Å². The summed E-state index contributed by atoms with van der Waals surface area (Å²) < 4.78 is 5.99. The maximum Gasteiger partial charge on any atom is 0.287 e. The highest BCUT2D eigenvalue weighted by molar-refractivity contribution is 6.08. The zero-order valence-corrected chi connectivity index (χ0v) is 15.8. The van der Waals surface area contributed by atoms with Crippen LogP contribution in [0, 0.1) is 12.8 Å². The molecular weight excluding hydrogens is 348 g/mol. The number of carbonyl (C=O) groups excluding carboxylic acids is 1. The Morgan fingerprint density at radius 3 is 2.88 bits per heavy atom. The van der Waals surface area contributed by atoms with Crippen molar-refractivity contribution in [2.24, 2.45) is 5.92 Å². The SMILES string of the molecule is Cc1c(C(=O)NCCC2CCCNC2)oc2c1ccc1ccccc12.Cl. The Balaban J connectivity index is 0.00000196. The average Bonchev–Trinajstić information content (AvgIpc) is 3.00. The molecule has 0 radical (unpaired) electrons. The maximum atomic E-state index is 12.6. The van der Waals surface area contributed by atoms with Crippen LogP contribution in [-0.2, 0) is 0 Å². The zero-order valence-electron chi connectivity index (χ0n) is 15.0. The Bertz CT molecular complexity index is 913. The summed E-state index contributed by atoms with van der Waals surface area (Å²) in [7, 11) is 0. The Hall–Kier alpha value is -2.04. The first kappa shape index (κ1) is 18.7. The van der Waals surface area contributed by atoms with Crippen LogP contribution in [0.2, 0.25) is 0 Å². The molecule has 1 atom stereocenters. The number of hydrogen-bond donors (Lipinski definition) is 2. The van der Waals surface area contributed by atoms with Crippen LogP contribution in [0.3, 0.4) is 0 Å². The molecule has 0 bridgehead atoms. The van der Waals surface area contributed by atoms with Gasteiger partial charge in [0.15, 0.2) is 5.76 Å². The van der Waals surface area contributed by atoms with E-state index in [9.17, 15) is 4.79 Å². The van der Waals surface area contributed by atoms with Crippen LogP contribution >= 0.6 is 12.4 Å². The third-order valence-corrected chi connectivity index (χ3v) is 5.27. The fourth-order valence-electron chi connectivity index (χ4n) is 3.81. The van der Waals surface area contributed by atoms with Gasteiger partial charge in [0.25, 0.3) is 5.91 Å². The van der Waals surface area contributed by atoms with E-state index in [0.29, 0.717) is 18.2 Å². The maximum absolute atomic E-state index is 12.6. The second-order valence-electron chi connectivity index (χ2n) is 6.98. The predicted molar refractivity (Wildman–Crippen MR) is 108 cm³/mol. The van der Waals surface area contributed by atoms with Gasteiger partial charge in [0.1, 0.15) is 5.58 Å². The second-order valence-corrected chi connectivity index (χ2v) is 6.98. The summed E-state index contributed by atoms with van der Waals surface area (Å²) in [5, 5.41) is 9.64. The number of piperidine rings is 1. The molecule has 0 saturated carbocycles. The van der Waals surface area contributed by atoms with Crippen molar-refractivity contribution in [1.82, 2.24) is 10.6 Å². The first-order valence-corrected chi connectivity index (χ1v) is 9.14. The van der Waals surface area contributed by atoms with Gasteiger partial charge in [0.05, 0.1) is 0 Å². The molecule has 1 aromatic heterocycles. The molecule has 1 fully saturated rings. The molecule has 26 heavy (non-hydrogen) atoms. The van der Waals surface area contributed by atoms with Gasteiger partial charge in [-0.05, 0) is 50.6 Å². The standard InChI is InChI=1S/C21H24N2O2.ClH/c1-14-17-9-8-16-6-2-3-7-18(16)20(17)25-19(14)21(24)23-12-10-15-5-4-11-22-13-15;/h2-3,6-9,15,22H,4-5,10-13H2,1H3,(H,23,24);1H. The third kappa shape index (κ3) is 3.57. The van der Waals surface area contributed by atoms with Crippen molar-refractivity contribution in [3.05, 3.63) is 47.7 Å². The number of carbonyl (C=O) groups is 1. The molecule has 0 spiro atoms. The Morgan fingerprint density at radius 2 is 2.08 bits per heavy atom. The van der Waals surface area contributed by atoms with E-state index in [2.05, 4.69) is 22.8 Å². The van der Waals surface area contributed by atoms with Crippen molar-refractivity contribution < 1.29 is 9.21 Å². The monoisotopic (exact) mass is 372 g/mol. The average molecular weight is 373 g/mol. The second kappa shape index (κ2) is 8.11. The number of hydrogen-bond acceptors (Lipinski definition) is 3. The molecule has 1 saturated heterocycles. The van der Waals surface area contributed by atoms with Crippen molar-refractivity contribution in [3.63, 3.8) is 0 Å². The van der Waals surface area contributed by atoms with Crippen molar-refractivity contribution in [2.45, 2.75) is 26.2 Å². The molecule has 5 heteroatoms. The van der Waals surface area contributed by atoms with Gasteiger partial charge in [0.2, 0.25) is 0 Å². The minimum absolute atomic E-state index is 0. The minimum atomic E-state index is -0.110. The summed E-state index contributed by atoms with van der Waals surface area (Å²) in [6.45, 7) is 4.84. The number of amides is 1. The normalized spacial score (nSPS) is 17.2. The lowest BCUT2D eigenvalue weighted by molar-refractivity contribution is 0.0924. The molecule has 4 nitrogen and oxygen atoms in total. The summed E-state index contributed by atoms with van der Waals surface area (Å²) >= 11 is 0. The van der Waals surface area contributed by atoms with E-state index in [-0.39, 0.29) is 18.3 Å². The van der Waals surface area contributed by atoms with Crippen LogP contribution in [0.25, 0.3) is 21.7 Å². The minimum Gasteiger partial charge on any atom is -0.450 e. The molecule has 2 N–H and O–H groups in total. The number of halogens is 1. The van der Waals surface area contributed by atoms with E-state index in [1.807, 2.05) is 31.2 Å². The molecule has 0 aliphatic carbocycles. The predicted octanol–water partition coefficient (Wildman–Crippen LogP) is 4.44. The summed E-state index contributed by atoms with van der Waals surface area (Å²) in [6, 6.07) is 12.2. The lowest BCUT2D eigenvalue weighted by atomic mass is 9.96. The number of rotatable bonds is 4. The quantitative estimate of drug-likeness (QED) is 0.712. The van der Waals surface area contributed by atoms with Gasteiger partial charge in [0, 0.05) is 22.9 Å². The van der Waals surface area contributed by atoms with E-state index in [1.165, 1.54) is 12.8 Å². The van der Waals surface area contributed by atoms with Crippen LogP contribution < -0.4 is 10.6 Å². The van der Waals surface area contributed by atoms with Crippen molar-refractivity contribution >= 4 is 40.1 Å². The number of aryl methyl sites for hydroxylation is 1. The van der Waals surface area contributed by atoms with Gasteiger partial charge in [-0.1, -0.05) is 36.4 Å². The van der Waals surface area contributed by atoms with E-state index < -0.39 is 0 Å². The number of fused-ring (bicyclic) bond motifs is 3. The summed E-state index contributed by atoms with van der Waals surface area (Å²) in [4.78, 5) is 12.6. The fraction of sp³-hybridized carbons (Fsp3) is 0.381. The summed E-state index contributed by atoms with van der Waals surface area (Å²) in [6.07, 6.45) is 3.49. The lowest BCUT2D eigenvalue weighted by Crippen LogP contribution is -2.33. The summed E-state index contributed by atoms with van der Waals surface area (Å²) in [5.74, 6) is 0.990. The number of benzene rings is 2. The van der Waals surface area contributed by atoms with Gasteiger partial charge in [-0.15, -0.1) is 12.4 Å². The lowest BCUT2D eigenvalue weighted by Gasteiger charge is -2.22. The molecule has 2 aromatic carbocycles. The smallest absolute Gasteiger partial charge is 0.287 e. The van der Waals surface area contributed by atoms with Crippen LogP contribution in [0.5, 0.6) is 0 Å². The van der Waals surface area contributed by atoms with Gasteiger partial charge >= 0.3 is 0 Å². The zero-order chi connectivity index (χ0) is 17.2. The van der Waals surface area contributed by atoms with Crippen LogP contribution in [-0.4, -0.2) is 25.5 Å². The first-order valence-electron chi connectivity index (χ1n) is 9.14. The van der Waals surface area contributed by atoms with Crippen molar-refractivity contribution in [3.8, 4) is 0 Å². The summed E-state index contributed by atoms with van der Waals surface area (Å²) in [5.41, 5.74) is 1.72. The highest BCUT2D eigenvalue weighted by atomic mass is 35.5. The molecule has 3 aromatic rings. The van der Waals surface area contributed by atoms with Gasteiger partial charge in [-0.25, -0.2) is 0 Å². The van der Waals surface area contributed by atoms with E-state index in [4.69, 9.17) is 4.42 Å². The Kier molecular flexibility index (Phi) is 5.84. The first-order chi connectivity index (χ1) is 12.2. The highest BCUT2D eigenvalue weighted by Crippen LogP contribution is 2.31. The number of nitrogens with one attached hydrogen (secondary N) is 2. The largest absolute Gasteiger partial charge is 0.450 e. The van der Waals surface area contributed by atoms with Crippen molar-refractivity contribution in [2.75, 3.05) is 19.6 Å². The van der Waals surface area contributed by atoms with Crippen LogP contribution in [0.4, 0.5) is 0 Å².